The van der Waals surface area contributed by atoms with Crippen LogP contribution in [0, 0.1) is 5.82 Å². The normalized spacial score (nSPS) is 22.2. The van der Waals surface area contributed by atoms with Crippen molar-refractivity contribution >= 4 is 17.4 Å². The molecular weight excluding hydrogens is 292 g/mol. The fourth-order valence-electron chi connectivity index (χ4n) is 1.62. The fraction of sp³-hybridized carbons (Fsp3) is 0.364. The monoisotopic (exact) mass is 298 g/mol. The molecule has 1 aliphatic rings. The molecule has 0 spiro atoms. The van der Waals surface area contributed by atoms with Crippen LogP contribution in [0.5, 0.6) is 5.75 Å². The molecule has 0 aromatic heterocycles. The van der Waals surface area contributed by atoms with Crippen molar-refractivity contribution in [3.05, 3.63) is 28.5 Å². The fourth-order valence-corrected chi connectivity index (χ4v) is 1.77. The van der Waals surface area contributed by atoms with Crippen molar-refractivity contribution < 1.29 is 31.8 Å². The van der Waals surface area contributed by atoms with Crippen LogP contribution in [0.15, 0.2) is 12.1 Å². The van der Waals surface area contributed by atoms with E-state index in [1.54, 1.807) is 0 Å². The van der Waals surface area contributed by atoms with Crippen molar-refractivity contribution in [2.24, 2.45) is 0 Å². The molecule has 8 heteroatoms. The Balaban J connectivity index is 2.49. The minimum Gasteiger partial charge on any atom is -0.493 e. The van der Waals surface area contributed by atoms with Crippen LogP contribution in [0.1, 0.15) is 10.4 Å². The maximum absolute atomic E-state index is 13.6. The number of carbonyl (C=O) groups excluding carboxylic acids is 1. The second kappa shape index (κ2) is 4.35. The topological polar surface area (TPSA) is 38.8 Å². The van der Waals surface area contributed by atoms with Gasteiger partial charge >= 0.3 is 6.18 Å². The molecule has 0 aliphatic carbocycles. The summed E-state index contributed by atoms with van der Waals surface area (Å²) in [5, 5.41) is -0.355. The van der Waals surface area contributed by atoms with Gasteiger partial charge in [-0.05, 0) is 12.1 Å². The summed E-state index contributed by atoms with van der Waals surface area (Å²) in [7, 11) is 1.03. The van der Waals surface area contributed by atoms with E-state index in [1.807, 2.05) is 0 Å². The van der Waals surface area contributed by atoms with Gasteiger partial charge < -0.3 is 9.47 Å². The molecule has 1 fully saturated rings. The number of ketones is 1. The SMILES string of the molecule is COc1c(C(=O)C2(C(F)(F)F)CO2)ccc(Cl)c1F. The number of hydrogen-bond donors (Lipinski definition) is 0. The number of methoxy groups -OCH3 is 1. The first-order valence-electron chi connectivity index (χ1n) is 5.02. The Bertz CT molecular complexity index is 537. The van der Waals surface area contributed by atoms with Crippen LogP contribution < -0.4 is 4.74 Å². The molecular formula is C11H7ClF4O3. The average Bonchev–Trinajstić information content (AvgIpc) is 3.12. The molecule has 1 heterocycles. The van der Waals surface area contributed by atoms with Crippen molar-refractivity contribution in [3.63, 3.8) is 0 Å². The van der Waals surface area contributed by atoms with E-state index in [2.05, 4.69) is 9.47 Å². The molecule has 1 atom stereocenters. The molecule has 1 saturated heterocycles. The van der Waals surface area contributed by atoms with Gasteiger partial charge in [-0.2, -0.15) is 13.2 Å². The van der Waals surface area contributed by atoms with Gasteiger partial charge in [-0.15, -0.1) is 0 Å². The summed E-state index contributed by atoms with van der Waals surface area (Å²) in [5.41, 5.74) is -3.46. The first-order valence-corrected chi connectivity index (χ1v) is 5.40. The third-order valence-corrected chi connectivity index (χ3v) is 3.05. The zero-order valence-electron chi connectivity index (χ0n) is 9.48. The Labute approximate surface area is 110 Å². The van der Waals surface area contributed by atoms with E-state index < -0.39 is 41.3 Å². The van der Waals surface area contributed by atoms with Gasteiger partial charge in [-0.3, -0.25) is 4.79 Å². The Morgan fingerprint density at radius 3 is 2.47 bits per heavy atom. The summed E-state index contributed by atoms with van der Waals surface area (Å²) in [6.07, 6.45) is -4.87. The molecule has 1 aromatic carbocycles. The van der Waals surface area contributed by atoms with Crippen LogP contribution in [0.25, 0.3) is 0 Å². The van der Waals surface area contributed by atoms with E-state index in [4.69, 9.17) is 11.6 Å². The van der Waals surface area contributed by atoms with Gasteiger partial charge in [-0.25, -0.2) is 4.39 Å². The summed E-state index contributed by atoms with van der Waals surface area (Å²) >= 11 is 5.47. The second-order valence-electron chi connectivity index (χ2n) is 3.88. The molecule has 0 N–H and O–H groups in total. The van der Waals surface area contributed by atoms with Crippen LogP contribution >= 0.6 is 11.6 Å². The highest BCUT2D eigenvalue weighted by atomic mass is 35.5. The Morgan fingerprint density at radius 2 is 2.05 bits per heavy atom. The zero-order valence-corrected chi connectivity index (χ0v) is 10.2. The van der Waals surface area contributed by atoms with E-state index in [0.717, 1.165) is 19.2 Å². The van der Waals surface area contributed by atoms with Gasteiger partial charge in [0.2, 0.25) is 11.4 Å². The highest BCUT2D eigenvalue weighted by Gasteiger charge is 2.71. The van der Waals surface area contributed by atoms with Crippen LogP contribution in [0.3, 0.4) is 0 Å². The molecule has 2 rings (SSSR count). The number of benzene rings is 1. The zero-order chi connectivity index (χ0) is 14.4. The van der Waals surface area contributed by atoms with Gasteiger partial charge in [-0.1, -0.05) is 11.6 Å². The Kier molecular flexibility index (Phi) is 3.22. The summed E-state index contributed by atoms with van der Waals surface area (Å²) in [6, 6.07) is 1.96. The second-order valence-corrected chi connectivity index (χ2v) is 4.29. The van der Waals surface area contributed by atoms with Crippen LogP contribution in [0.2, 0.25) is 5.02 Å². The van der Waals surface area contributed by atoms with E-state index >= 15 is 0 Å². The molecule has 0 amide bonds. The number of epoxide rings is 1. The maximum atomic E-state index is 13.6. The molecule has 104 valence electrons. The summed E-state index contributed by atoms with van der Waals surface area (Å²) in [6.45, 7) is -0.789. The predicted molar refractivity (Wildman–Crippen MR) is 57.0 cm³/mol. The molecule has 1 aliphatic heterocycles. The minimum atomic E-state index is -4.87. The number of halogens is 5. The van der Waals surface area contributed by atoms with Crippen LogP contribution in [-0.2, 0) is 4.74 Å². The van der Waals surface area contributed by atoms with E-state index in [0.29, 0.717) is 0 Å². The third kappa shape index (κ3) is 2.06. The highest BCUT2D eigenvalue weighted by molar-refractivity contribution is 6.31. The molecule has 0 bridgehead atoms. The molecule has 0 radical (unpaired) electrons. The van der Waals surface area contributed by atoms with Crippen LogP contribution in [-0.4, -0.2) is 31.3 Å². The van der Waals surface area contributed by atoms with Crippen LogP contribution in [0.4, 0.5) is 17.6 Å². The lowest BCUT2D eigenvalue weighted by Gasteiger charge is -2.16. The lowest BCUT2D eigenvalue weighted by molar-refractivity contribution is -0.168. The number of alkyl halides is 3. The van der Waals surface area contributed by atoms with Crippen molar-refractivity contribution in [1.29, 1.82) is 0 Å². The first-order chi connectivity index (χ1) is 8.74. The Hall–Kier alpha value is -1.34. The summed E-state index contributed by atoms with van der Waals surface area (Å²) in [5.74, 6) is -3.11. The summed E-state index contributed by atoms with van der Waals surface area (Å²) < 4.78 is 60.7. The third-order valence-electron chi connectivity index (χ3n) is 2.76. The number of Topliss-reactive ketones (excluding diaryl/α,β-unsaturated/α-hetero) is 1. The summed E-state index contributed by atoms with van der Waals surface area (Å²) in [4.78, 5) is 11.9. The van der Waals surface area contributed by atoms with E-state index in [9.17, 15) is 22.4 Å². The molecule has 1 unspecified atom stereocenters. The van der Waals surface area contributed by atoms with Gasteiger partial charge in [0.15, 0.2) is 11.6 Å². The Morgan fingerprint density at radius 1 is 1.47 bits per heavy atom. The molecule has 0 saturated carbocycles. The van der Waals surface area contributed by atoms with Gasteiger partial charge in [0.1, 0.15) is 0 Å². The number of rotatable bonds is 3. The number of hydrogen-bond acceptors (Lipinski definition) is 3. The first kappa shape index (κ1) is 14.1. The van der Waals surface area contributed by atoms with E-state index in [1.165, 1.54) is 0 Å². The lowest BCUT2D eigenvalue weighted by Crippen LogP contribution is -2.41. The van der Waals surface area contributed by atoms with Gasteiger partial charge in [0.05, 0.1) is 24.3 Å². The van der Waals surface area contributed by atoms with Crippen molar-refractivity contribution in [2.45, 2.75) is 11.8 Å². The smallest absolute Gasteiger partial charge is 0.427 e. The number of ether oxygens (including phenoxy) is 2. The predicted octanol–water partition coefficient (Wildman–Crippen LogP) is 3.00. The molecule has 19 heavy (non-hydrogen) atoms. The standard InChI is InChI=1S/C11H7ClF4O3/c1-18-8-5(2-3-6(12)7(8)13)9(17)10(4-19-10)11(14,15)16/h2-3H,4H2,1H3. The molecule has 1 aromatic rings. The minimum absolute atomic E-state index is 0.355. The maximum Gasteiger partial charge on any atom is 0.427 e. The van der Waals surface area contributed by atoms with E-state index in [-0.39, 0.29) is 5.02 Å². The van der Waals surface area contributed by atoms with Crippen molar-refractivity contribution in [3.8, 4) is 5.75 Å². The highest BCUT2D eigenvalue weighted by Crippen LogP contribution is 2.47. The largest absolute Gasteiger partial charge is 0.493 e. The molecule has 3 nitrogen and oxygen atoms in total. The van der Waals surface area contributed by atoms with Gasteiger partial charge in [0.25, 0.3) is 0 Å². The van der Waals surface area contributed by atoms with Gasteiger partial charge in [0, 0.05) is 0 Å². The van der Waals surface area contributed by atoms with Crippen molar-refractivity contribution in [1.82, 2.24) is 0 Å². The number of carbonyl (C=O) groups is 1. The average molecular weight is 299 g/mol. The van der Waals surface area contributed by atoms with Crippen molar-refractivity contribution in [2.75, 3.05) is 13.7 Å². The lowest BCUT2D eigenvalue weighted by atomic mass is 9.96. The quantitative estimate of drug-likeness (QED) is 0.489.